The summed E-state index contributed by atoms with van der Waals surface area (Å²) in [5.41, 5.74) is 0. The van der Waals surface area contributed by atoms with Gasteiger partial charge in [0.2, 0.25) is 0 Å². The Hall–Kier alpha value is -0.100. The molecule has 2 atom stereocenters. The molecule has 2 unspecified atom stereocenters. The molecule has 1 aliphatic heterocycles. The number of nitrogens with zero attached hydrogens (tertiary/aromatic N) is 1. The highest BCUT2D eigenvalue weighted by Gasteiger charge is 2.21. The summed E-state index contributed by atoms with van der Waals surface area (Å²) in [4.78, 5) is 4.34. The Labute approximate surface area is 121 Å². The lowest BCUT2D eigenvalue weighted by Crippen LogP contribution is -2.38. The van der Waals surface area contributed by atoms with Crippen molar-refractivity contribution in [3.05, 3.63) is 22.8 Å². The first-order valence-electron chi connectivity index (χ1n) is 6.35. The van der Waals surface area contributed by atoms with Crippen LogP contribution in [-0.4, -0.2) is 36.0 Å². The molecule has 1 aliphatic rings. The first-order valence-corrected chi connectivity index (χ1v) is 8.13. The molecule has 1 fully saturated rings. The number of hydrogen-bond donors (Lipinski definition) is 1. The summed E-state index contributed by atoms with van der Waals surface area (Å²) in [5.74, 6) is 1.03. The molecule has 0 aliphatic carbocycles. The molecule has 0 radical (unpaired) electrons. The molecular weight excluding hydrogens is 312 g/mol. The molecule has 5 heteroatoms. The van der Waals surface area contributed by atoms with E-state index in [0.29, 0.717) is 12.1 Å². The molecule has 100 valence electrons. The Bertz CT molecular complexity index is 355. The SMILES string of the molecule is CC(NCCSc1ccc(Br)cn1)C1CCCO1. The van der Waals surface area contributed by atoms with Crippen molar-refractivity contribution in [2.75, 3.05) is 18.9 Å². The van der Waals surface area contributed by atoms with Crippen LogP contribution in [0.2, 0.25) is 0 Å². The minimum atomic E-state index is 0.404. The number of nitrogens with one attached hydrogen (secondary N) is 1. The zero-order chi connectivity index (χ0) is 12.8. The fourth-order valence-corrected chi connectivity index (χ4v) is 2.97. The summed E-state index contributed by atoms with van der Waals surface area (Å²) < 4.78 is 6.68. The Morgan fingerprint density at radius 1 is 1.61 bits per heavy atom. The van der Waals surface area contributed by atoms with Crippen LogP contribution in [0.3, 0.4) is 0 Å². The van der Waals surface area contributed by atoms with Crippen LogP contribution in [0.5, 0.6) is 0 Å². The lowest BCUT2D eigenvalue weighted by molar-refractivity contribution is 0.0844. The average molecular weight is 331 g/mol. The highest BCUT2D eigenvalue weighted by molar-refractivity contribution is 9.10. The summed E-state index contributed by atoms with van der Waals surface area (Å²) in [6.45, 7) is 4.12. The number of aromatic nitrogens is 1. The van der Waals surface area contributed by atoms with Gasteiger partial charge >= 0.3 is 0 Å². The van der Waals surface area contributed by atoms with E-state index in [-0.39, 0.29) is 0 Å². The van der Waals surface area contributed by atoms with Crippen LogP contribution in [0.1, 0.15) is 19.8 Å². The zero-order valence-electron chi connectivity index (χ0n) is 10.6. The molecule has 0 saturated carbocycles. The molecule has 18 heavy (non-hydrogen) atoms. The third-order valence-corrected chi connectivity index (χ3v) is 4.46. The van der Waals surface area contributed by atoms with Gasteiger partial charge in [0, 0.05) is 35.6 Å². The smallest absolute Gasteiger partial charge is 0.0961 e. The van der Waals surface area contributed by atoms with Crippen LogP contribution in [0.15, 0.2) is 27.8 Å². The van der Waals surface area contributed by atoms with E-state index in [1.54, 1.807) is 11.8 Å². The average Bonchev–Trinajstić information content (AvgIpc) is 2.90. The standard InChI is InChI=1S/C13H19BrN2OS/c1-10(12-3-2-7-17-12)15-6-8-18-13-5-4-11(14)9-16-13/h4-5,9-10,12,15H,2-3,6-8H2,1H3. The molecule has 2 rings (SSSR count). The van der Waals surface area contributed by atoms with Crippen LogP contribution >= 0.6 is 27.7 Å². The maximum atomic E-state index is 5.66. The predicted molar refractivity (Wildman–Crippen MR) is 79.1 cm³/mol. The number of hydrogen-bond acceptors (Lipinski definition) is 4. The summed E-state index contributed by atoms with van der Waals surface area (Å²) in [6, 6.07) is 4.52. The quantitative estimate of drug-likeness (QED) is 0.642. The Morgan fingerprint density at radius 3 is 3.17 bits per heavy atom. The van der Waals surface area contributed by atoms with E-state index in [2.05, 4.69) is 33.2 Å². The fourth-order valence-electron chi connectivity index (χ4n) is 2.02. The van der Waals surface area contributed by atoms with Gasteiger partial charge in [-0.15, -0.1) is 11.8 Å². The van der Waals surface area contributed by atoms with E-state index in [1.165, 1.54) is 12.8 Å². The Balaban J connectivity index is 1.62. The molecule has 1 N–H and O–H groups in total. The van der Waals surface area contributed by atoms with E-state index in [1.807, 2.05) is 18.3 Å². The van der Waals surface area contributed by atoms with E-state index >= 15 is 0 Å². The second-order valence-corrected chi connectivity index (χ2v) is 6.49. The topological polar surface area (TPSA) is 34.2 Å². The lowest BCUT2D eigenvalue weighted by Gasteiger charge is -2.19. The molecule has 0 aromatic carbocycles. The highest BCUT2D eigenvalue weighted by atomic mass is 79.9. The second kappa shape index (κ2) is 7.48. The van der Waals surface area contributed by atoms with Crippen molar-refractivity contribution in [2.45, 2.75) is 36.9 Å². The van der Waals surface area contributed by atoms with Gasteiger partial charge in [-0.05, 0) is 47.8 Å². The predicted octanol–water partition coefficient (Wildman–Crippen LogP) is 3.09. The third kappa shape index (κ3) is 4.53. The van der Waals surface area contributed by atoms with Crippen molar-refractivity contribution in [2.24, 2.45) is 0 Å². The molecule has 1 aromatic rings. The third-order valence-electron chi connectivity index (χ3n) is 3.04. The molecule has 0 spiro atoms. The van der Waals surface area contributed by atoms with E-state index < -0.39 is 0 Å². The number of rotatable bonds is 6. The van der Waals surface area contributed by atoms with Crippen molar-refractivity contribution in [3.63, 3.8) is 0 Å². The molecular formula is C13H19BrN2OS. The lowest BCUT2D eigenvalue weighted by atomic mass is 10.1. The molecule has 2 heterocycles. The maximum absolute atomic E-state index is 5.66. The summed E-state index contributed by atoms with van der Waals surface area (Å²) >= 11 is 5.16. The van der Waals surface area contributed by atoms with Crippen molar-refractivity contribution < 1.29 is 4.74 Å². The number of halogens is 1. The monoisotopic (exact) mass is 330 g/mol. The van der Waals surface area contributed by atoms with Gasteiger partial charge in [-0.1, -0.05) is 0 Å². The maximum Gasteiger partial charge on any atom is 0.0961 e. The number of thioether (sulfide) groups is 1. The molecule has 0 amide bonds. The Morgan fingerprint density at radius 2 is 2.50 bits per heavy atom. The van der Waals surface area contributed by atoms with Crippen LogP contribution in [-0.2, 0) is 4.74 Å². The van der Waals surface area contributed by atoms with Gasteiger partial charge < -0.3 is 10.1 Å². The molecule has 0 bridgehead atoms. The van der Waals surface area contributed by atoms with Crippen molar-refractivity contribution >= 4 is 27.7 Å². The second-order valence-electron chi connectivity index (χ2n) is 4.46. The minimum absolute atomic E-state index is 0.404. The molecule has 3 nitrogen and oxygen atoms in total. The highest BCUT2D eigenvalue weighted by Crippen LogP contribution is 2.18. The number of ether oxygens (including phenoxy) is 1. The summed E-state index contributed by atoms with van der Waals surface area (Å²) in [5, 5.41) is 4.60. The van der Waals surface area contributed by atoms with Crippen LogP contribution in [0.25, 0.3) is 0 Å². The van der Waals surface area contributed by atoms with E-state index in [4.69, 9.17) is 4.74 Å². The van der Waals surface area contributed by atoms with Gasteiger partial charge in [0.1, 0.15) is 0 Å². The first kappa shape index (κ1) is 14.3. The van der Waals surface area contributed by atoms with E-state index in [9.17, 15) is 0 Å². The van der Waals surface area contributed by atoms with Gasteiger partial charge in [0.25, 0.3) is 0 Å². The Kier molecular flexibility index (Phi) is 5.95. The van der Waals surface area contributed by atoms with Gasteiger partial charge in [-0.2, -0.15) is 0 Å². The van der Waals surface area contributed by atoms with E-state index in [0.717, 1.165) is 28.4 Å². The zero-order valence-corrected chi connectivity index (χ0v) is 13.0. The molecule has 1 aromatic heterocycles. The molecule has 1 saturated heterocycles. The van der Waals surface area contributed by atoms with Gasteiger partial charge in [-0.25, -0.2) is 4.98 Å². The summed E-state index contributed by atoms with van der Waals surface area (Å²) in [7, 11) is 0. The van der Waals surface area contributed by atoms with Crippen LogP contribution in [0.4, 0.5) is 0 Å². The first-order chi connectivity index (χ1) is 8.75. The van der Waals surface area contributed by atoms with Gasteiger partial charge in [0.15, 0.2) is 0 Å². The number of pyridine rings is 1. The van der Waals surface area contributed by atoms with Crippen LogP contribution < -0.4 is 5.32 Å². The van der Waals surface area contributed by atoms with Crippen molar-refractivity contribution in [1.82, 2.24) is 10.3 Å². The fraction of sp³-hybridized carbons (Fsp3) is 0.615. The van der Waals surface area contributed by atoms with Gasteiger partial charge in [-0.3, -0.25) is 0 Å². The van der Waals surface area contributed by atoms with Crippen LogP contribution in [0, 0.1) is 0 Å². The van der Waals surface area contributed by atoms with Crippen molar-refractivity contribution in [1.29, 1.82) is 0 Å². The minimum Gasteiger partial charge on any atom is -0.377 e. The van der Waals surface area contributed by atoms with Crippen molar-refractivity contribution in [3.8, 4) is 0 Å². The largest absolute Gasteiger partial charge is 0.377 e. The van der Waals surface area contributed by atoms with Gasteiger partial charge in [0.05, 0.1) is 11.1 Å². The normalized spacial score (nSPS) is 21.1. The summed E-state index contributed by atoms with van der Waals surface area (Å²) in [6.07, 6.45) is 4.63.